The number of carbonyl (C=O) groups excluding carboxylic acids is 2. The number of ketones is 1. The second-order valence-electron chi connectivity index (χ2n) is 5.13. The lowest BCUT2D eigenvalue weighted by Gasteiger charge is -2.05. The van der Waals surface area contributed by atoms with Crippen molar-refractivity contribution in [1.82, 2.24) is 5.32 Å². The second kappa shape index (κ2) is 8.10. The first-order valence-electron chi connectivity index (χ1n) is 7.34. The van der Waals surface area contributed by atoms with Crippen molar-refractivity contribution >= 4 is 11.7 Å². The van der Waals surface area contributed by atoms with Crippen molar-refractivity contribution in [2.75, 3.05) is 13.1 Å². The summed E-state index contributed by atoms with van der Waals surface area (Å²) in [6.07, 6.45) is 1.82. The summed E-state index contributed by atoms with van der Waals surface area (Å²) in [4.78, 5) is 22.8. The molecule has 114 valence electrons. The van der Waals surface area contributed by atoms with E-state index in [1.807, 2.05) is 42.5 Å². The smallest absolute Gasteiger partial charge is 0.248 e. The van der Waals surface area contributed by atoms with Gasteiger partial charge in [0.2, 0.25) is 5.91 Å². The molecule has 2 aromatic rings. The third-order valence-corrected chi connectivity index (χ3v) is 3.44. The molecule has 4 nitrogen and oxygen atoms in total. The average molecular weight is 296 g/mol. The minimum atomic E-state index is -0.410. The molecule has 0 unspecified atom stereocenters. The van der Waals surface area contributed by atoms with Gasteiger partial charge in [0.15, 0.2) is 5.78 Å². The van der Waals surface area contributed by atoms with Gasteiger partial charge >= 0.3 is 0 Å². The molecule has 4 heteroatoms. The third kappa shape index (κ3) is 4.82. The topological polar surface area (TPSA) is 72.2 Å². The Morgan fingerprint density at radius 1 is 0.909 bits per heavy atom. The molecular weight excluding hydrogens is 276 g/mol. The third-order valence-electron chi connectivity index (χ3n) is 3.44. The predicted molar refractivity (Wildman–Crippen MR) is 86.9 cm³/mol. The maximum absolute atomic E-state index is 11.9. The fourth-order valence-electron chi connectivity index (χ4n) is 2.18. The standard InChI is InChI=1S/C18H20N2O2/c19-18(22)16-10-8-14(9-11-16)5-4-12-20-13-17(21)15-6-2-1-3-7-15/h1-3,6-11,20H,4-5,12-13H2,(H2,19,22). The van der Waals surface area contributed by atoms with E-state index in [4.69, 9.17) is 5.73 Å². The molecule has 1 amide bonds. The molecule has 2 rings (SSSR count). The summed E-state index contributed by atoms with van der Waals surface area (Å²) < 4.78 is 0. The van der Waals surface area contributed by atoms with Gasteiger partial charge < -0.3 is 11.1 Å². The summed E-state index contributed by atoms with van der Waals surface area (Å²) in [7, 11) is 0. The van der Waals surface area contributed by atoms with E-state index in [2.05, 4.69) is 5.32 Å². The maximum atomic E-state index is 11.9. The number of hydrogen-bond donors (Lipinski definition) is 2. The van der Waals surface area contributed by atoms with E-state index >= 15 is 0 Å². The van der Waals surface area contributed by atoms with Gasteiger partial charge in [-0.25, -0.2) is 0 Å². The molecule has 2 aromatic carbocycles. The molecule has 0 bridgehead atoms. The highest BCUT2D eigenvalue weighted by Crippen LogP contribution is 2.06. The molecule has 0 radical (unpaired) electrons. The lowest BCUT2D eigenvalue weighted by Crippen LogP contribution is -2.24. The summed E-state index contributed by atoms with van der Waals surface area (Å²) >= 11 is 0. The Bertz CT molecular complexity index is 621. The van der Waals surface area contributed by atoms with Gasteiger partial charge in [0.05, 0.1) is 6.54 Å². The fraction of sp³-hybridized carbons (Fsp3) is 0.222. The molecule has 0 aliphatic carbocycles. The van der Waals surface area contributed by atoms with Crippen LogP contribution in [0.3, 0.4) is 0 Å². The molecule has 0 aromatic heterocycles. The number of hydrogen-bond acceptors (Lipinski definition) is 3. The van der Waals surface area contributed by atoms with Crippen LogP contribution in [0.5, 0.6) is 0 Å². The van der Waals surface area contributed by atoms with Gasteiger partial charge in [-0.05, 0) is 37.1 Å². The Kier molecular flexibility index (Phi) is 5.86. The SMILES string of the molecule is NC(=O)c1ccc(CCCNCC(=O)c2ccccc2)cc1. The summed E-state index contributed by atoms with van der Waals surface area (Å²) in [5.41, 5.74) is 7.61. The van der Waals surface area contributed by atoms with Gasteiger partial charge in [-0.3, -0.25) is 9.59 Å². The number of amides is 1. The lowest BCUT2D eigenvalue weighted by molar-refractivity contribution is 0.0986. The zero-order chi connectivity index (χ0) is 15.8. The lowest BCUT2D eigenvalue weighted by atomic mass is 10.1. The van der Waals surface area contributed by atoms with Gasteiger partial charge in [0.1, 0.15) is 0 Å². The monoisotopic (exact) mass is 296 g/mol. The van der Waals surface area contributed by atoms with Crippen LogP contribution < -0.4 is 11.1 Å². The first-order valence-corrected chi connectivity index (χ1v) is 7.34. The molecule has 0 spiro atoms. The van der Waals surface area contributed by atoms with Gasteiger partial charge in [-0.1, -0.05) is 42.5 Å². The number of nitrogens with two attached hydrogens (primary N) is 1. The zero-order valence-corrected chi connectivity index (χ0v) is 12.4. The highest BCUT2D eigenvalue weighted by molar-refractivity contribution is 5.97. The van der Waals surface area contributed by atoms with Gasteiger partial charge in [-0.15, -0.1) is 0 Å². The average Bonchev–Trinajstić information content (AvgIpc) is 2.55. The van der Waals surface area contributed by atoms with Crippen LogP contribution in [0.2, 0.25) is 0 Å². The molecule has 0 saturated carbocycles. The van der Waals surface area contributed by atoms with E-state index in [1.165, 1.54) is 0 Å². The van der Waals surface area contributed by atoms with Crippen LogP contribution in [0.4, 0.5) is 0 Å². The van der Waals surface area contributed by atoms with Crippen molar-refractivity contribution < 1.29 is 9.59 Å². The Labute approximate surface area is 130 Å². The molecule has 0 atom stereocenters. The Hall–Kier alpha value is -2.46. The van der Waals surface area contributed by atoms with Crippen LogP contribution in [0, 0.1) is 0 Å². The van der Waals surface area contributed by atoms with Crippen LogP contribution in [0.25, 0.3) is 0 Å². The van der Waals surface area contributed by atoms with Crippen LogP contribution in [0.1, 0.15) is 32.7 Å². The normalized spacial score (nSPS) is 10.4. The predicted octanol–water partition coefficient (Wildman–Crippen LogP) is 2.19. The van der Waals surface area contributed by atoms with E-state index in [1.54, 1.807) is 12.1 Å². The molecule has 0 heterocycles. The first-order chi connectivity index (χ1) is 10.7. The number of aryl methyl sites for hydroxylation is 1. The molecule has 0 fully saturated rings. The maximum Gasteiger partial charge on any atom is 0.248 e. The molecule has 0 saturated heterocycles. The molecule has 3 N–H and O–H groups in total. The van der Waals surface area contributed by atoms with Gasteiger partial charge in [-0.2, -0.15) is 0 Å². The van der Waals surface area contributed by atoms with Gasteiger partial charge in [0, 0.05) is 11.1 Å². The molecule has 22 heavy (non-hydrogen) atoms. The Morgan fingerprint density at radius 3 is 2.23 bits per heavy atom. The minimum absolute atomic E-state index is 0.103. The van der Waals surface area contributed by atoms with Crippen molar-refractivity contribution in [2.45, 2.75) is 12.8 Å². The Balaban J connectivity index is 1.67. The summed E-state index contributed by atoms with van der Waals surface area (Å²) in [5.74, 6) is -0.306. The molecule has 0 aliphatic heterocycles. The van der Waals surface area contributed by atoms with Crippen LogP contribution in [-0.4, -0.2) is 24.8 Å². The second-order valence-corrected chi connectivity index (χ2v) is 5.13. The van der Waals surface area contributed by atoms with Crippen molar-refractivity contribution in [2.24, 2.45) is 5.73 Å². The minimum Gasteiger partial charge on any atom is -0.366 e. The van der Waals surface area contributed by atoms with Crippen LogP contribution in [-0.2, 0) is 6.42 Å². The number of nitrogens with one attached hydrogen (secondary N) is 1. The van der Waals surface area contributed by atoms with Crippen molar-refractivity contribution in [3.63, 3.8) is 0 Å². The number of rotatable bonds is 8. The number of Topliss-reactive ketones (excluding diaryl/α,β-unsaturated/α-hetero) is 1. The summed E-state index contributed by atoms with van der Waals surface area (Å²) in [5, 5.41) is 3.16. The van der Waals surface area contributed by atoms with E-state index in [0.29, 0.717) is 12.1 Å². The van der Waals surface area contributed by atoms with E-state index in [0.717, 1.165) is 30.5 Å². The summed E-state index contributed by atoms with van der Waals surface area (Å²) in [6.45, 7) is 1.13. The van der Waals surface area contributed by atoms with Gasteiger partial charge in [0.25, 0.3) is 0 Å². The molecule has 0 aliphatic rings. The number of primary amides is 1. The zero-order valence-electron chi connectivity index (χ0n) is 12.4. The number of carbonyl (C=O) groups is 2. The van der Waals surface area contributed by atoms with E-state index in [9.17, 15) is 9.59 Å². The number of benzene rings is 2. The molecular formula is C18H20N2O2. The highest BCUT2D eigenvalue weighted by Gasteiger charge is 2.04. The first kappa shape index (κ1) is 15.9. The fourth-order valence-corrected chi connectivity index (χ4v) is 2.18. The van der Waals surface area contributed by atoms with Crippen molar-refractivity contribution in [3.05, 3.63) is 71.3 Å². The van der Waals surface area contributed by atoms with E-state index in [-0.39, 0.29) is 5.78 Å². The van der Waals surface area contributed by atoms with Crippen LogP contribution >= 0.6 is 0 Å². The van der Waals surface area contributed by atoms with Crippen molar-refractivity contribution in [1.29, 1.82) is 0 Å². The highest BCUT2D eigenvalue weighted by atomic mass is 16.1. The summed E-state index contributed by atoms with van der Waals surface area (Å²) in [6, 6.07) is 16.6. The quantitative estimate of drug-likeness (QED) is 0.579. The largest absolute Gasteiger partial charge is 0.366 e. The van der Waals surface area contributed by atoms with Crippen LogP contribution in [0.15, 0.2) is 54.6 Å². The van der Waals surface area contributed by atoms with E-state index < -0.39 is 5.91 Å². The Morgan fingerprint density at radius 2 is 1.59 bits per heavy atom. The van der Waals surface area contributed by atoms with Crippen molar-refractivity contribution in [3.8, 4) is 0 Å².